The van der Waals surface area contributed by atoms with Crippen molar-refractivity contribution < 1.29 is 9.13 Å². The molecule has 0 N–H and O–H groups in total. The minimum Gasteiger partial charge on any atom is -0.497 e. The van der Waals surface area contributed by atoms with E-state index in [1.807, 2.05) is 18.2 Å². The van der Waals surface area contributed by atoms with Gasteiger partial charge in [-0.2, -0.15) is 0 Å². The van der Waals surface area contributed by atoms with Crippen molar-refractivity contribution in [3.05, 3.63) is 65.1 Å². The van der Waals surface area contributed by atoms with E-state index < -0.39 is 0 Å². The van der Waals surface area contributed by atoms with Gasteiger partial charge in [-0.25, -0.2) is 4.39 Å². The zero-order valence-corrected chi connectivity index (χ0v) is 16.7. The smallest absolute Gasteiger partial charge is 0.123 e. The first-order valence-electron chi connectivity index (χ1n) is 9.26. The summed E-state index contributed by atoms with van der Waals surface area (Å²) in [5.74, 6) is 0.729. The minimum absolute atomic E-state index is 0. The van der Waals surface area contributed by atoms with E-state index in [9.17, 15) is 4.39 Å². The second-order valence-electron chi connectivity index (χ2n) is 7.18. The van der Waals surface area contributed by atoms with Gasteiger partial charge in [0.2, 0.25) is 0 Å². The lowest BCUT2D eigenvalue weighted by molar-refractivity contribution is 0.333. The highest BCUT2D eigenvalue weighted by Crippen LogP contribution is 2.31. The number of aromatic nitrogens is 1. The van der Waals surface area contributed by atoms with Crippen LogP contribution in [0.2, 0.25) is 0 Å². The van der Waals surface area contributed by atoms with Crippen LogP contribution in [0.5, 0.6) is 5.75 Å². The lowest BCUT2D eigenvalue weighted by atomic mass is 10.1. The topological polar surface area (TPSA) is 17.4 Å². The van der Waals surface area contributed by atoms with Crippen molar-refractivity contribution in [3.8, 4) is 5.75 Å². The molecule has 1 aliphatic rings. The number of rotatable bonds is 4. The van der Waals surface area contributed by atoms with E-state index in [1.54, 1.807) is 19.2 Å². The van der Waals surface area contributed by atoms with Crippen LogP contribution in [0.25, 0.3) is 10.9 Å². The number of halogens is 2. The Morgan fingerprint density at radius 3 is 2.63 bits per heavy atom. The standard InChI is InChI=1S/C22H25FN2O.ClH/c1-24-12-3-4-21-20(15-24)19-14-17(23)7-10-22(19)25(21)13-11-16-5-8-18(26-2)9-6-16;/h5-10,14H,3-4,11-13,15H2,1-2H3;1H. The van der Waals surface area contributed by atoms with Crippen molar-refractivity contribution in [1.29, 1.82) is 0 Å². The van der Waals surface area contributed by atoms with Gasteiger partial charge in [-0.15, -0.1) is 12.4 Å². The van der Waals surface area contributed by atoms with Crippen LogP contribution in [0.4, 0.5) is 4.39 Å². The minimum atomic E-state index is -0.153. The summed E-state index contributed by atoms with van der Waals surface area (Å²) in [5.41, 5.74) is 5.12. The highest BCUT2D eigenvalue weighted by Gasteiger charge is 2.21. The summed E-state index contributed by atoms with van der Waals surface area (Å²) < 4.78 is 21.6. The average molecular weight is 389 g/mol. The van der Waals surface area contributed by atoms with Gasteiger partial charge in [0, 0.05) is 29.7 Å². The number of ether oxygens (including phenoxy) is 1. The molecule has 0 saturated carbocycles. The third-order valence-electron chi connectivity index (χ3n) is 5.41. The molecule has 0 amide bonds. The molecule has 1 aromatic heterocycles. The van der Waals surface area contributed by atoms with E-state index in [0.29, 0.717) is 0 Å². The molecule has 2 heterocycles. The molecule has 0 saturated heterocycles. The molecule has 0 radical (unpaired) electrons. The van der Waals surface area contributed by atoms with E-state index in [4.69, 9.17) is 4.74 Å². The molecule has 5 heteroatoms. The maximum absolute atomic E-state index is 13.9. The summed E-state index contributed by atoms with van der Waals surface area (Å²) >= 11 is 0. The van der Waals surface area contributed by atoms with E-state index in [1.165, 1.54) is 16.8 Å². The maximum Gasteiger partial charge on any atom is 0.123 e. The Balaban J connectivity index is 0.00000210. The molecule has 27 heavy (non-hydrogen) atoms. The number of aryl methyl sites for hydroxylation is 2. The van der Waals surface area contributed by atoms with Crippen LogP contribution in [-0.4, -0.2) is 30.2 Å². The SMILES string of the molecule is COc1ccc(CCn2c3c(c4cc(F)ccc42)CN(C)CCC3)cc1.Cl. The van der Waals surface area contributed by atoms with Gasteiger partial charge < -0.3 is 14.2 Å². The van der Waals surface area contributed by atoms with Gasteiger partial charge in [0.15, 0.2) is 0 Å². The van der Waals surface area contributed by atoms with E-state index in [-0.39, 0.29) is 18.2 Å². The molecule has 3 nitrogen and oxygen atoms in total. The number of benzene rings is 2. The average Bonchev–Trinajstić information content (AvgIpc) is 2.79. The molecule has 0 fully saturated rings. The van der Waals surface area contributed by atoms with Crippen LogP contribution in [0.1, 0.15) is 23.2 Å². The predicted octanol–water partition coefficient (Wildman–Crippen LogP) is 4.83. The Kier molecular flexibility index (Phi) is 6.08. The van der Waals surface area contributed by atoms with Crippen molar-refractivity contribution in [2.45, 2.75) is 32.4 Å². The Hall–Kier alpha value is -2.04. The summed E-state index contributed by atoms with van der Waals surface area (Å²) in [6.07, 6.45) is 3.15. The molecule has 3 aromatic rings. The van der Waals surface area contributed by atoms with Crippen molar-refractivity contribution in [2.24, 2.45) is 0 Å². The normalized spacial score (nSPS) is 14.5. The van der Waals surface area contributed by atoms with Crippen LogP contribution < -0.4 is 4.74 Å². The van der Waals surface area contributed by atoms with Gasteiger partial charge in [-0.1, -0.05) is 12.1 Å². The summed E-state index contributed by atoms with van der Waals surface area (Å²) in [5, 5.41) is 1.07. The molecule has 0 unspecified atom stereocenters. The zero-order chi connectivity index (χ0) is 18.1. The number of methoxy groups -OCH3 is 1. The third-order valence-corrected chi connectivity index (χ3v) is 5.41. The highest BCUT2D eigenvalue weighted by atomic mass is 35.5. The summed E-state index contributed by atoms with van der Waals surface area (Å²) in [7, 11) is 3.83. The Morgan fingerprint density at radius 1 is 1.11 bits per heavy atom. The van der Waals surface area contributed by atoms with Crippen molar-refractivity contribution >= 4 is 23.3 Å². The lowest BCUT2D eigenvalue weighted by Crippen LogP contribution is -2.17. The maximum atomic E-state index is 13.9. The first-order chi connectivity index (χ1) is 12.7. The Bertz CT molecular complexity index is 920. The molecule has 1 aliphatic heterocycles. The second-order valence-corrected chi connectivity index (χ2v) is 7.18. The number of nitrogens with zero attached hydrogens (tertiary/aromatic N) is 2. The fourth-order valence-electron chi connectivity index (χ4n) is 4.07. The molecule has 0 spiro atoms. The highest BCUT2D eigenvalue weighted by molar-refractivity contribution is 5.86. The van der Waals surface area contributed by atoms with Gasteiger partial charge in [0.1, 0.15) is 11.6 Å². The molecule has 144 valence electrons. The number of hydrogen-bond donors (Lipinski definition) is 0. The van der Waals surface area contributed by atoms with Crippen LogP contribution in [0.3, 0.4) is 0 Å². The molecule has 2 aromatic carbocycles. The van der Waals surface area contributed by atoms with Crippen molar-refractivity contribution in [1.82, 2.24) is 9.47 Å². The quantitative estimate of drug-likeness (QED) is 0.636. The van der Waals surface area contributed by atoms with E-state index in [0.717, 1.165) is 55.5 Å². The Morgan fingerprint density at radius 2 is 1.89 bits per heavy atom. The fraction of sp³-hybridized carbons (Fsp3) is 0.364. The lowest BCUT2D eigenvalue weighted by Gasteiger charge is -2.12. The summed E-state index contributed by atoms with van der Waals surface area (Å²) in [6, 6.07) is 13.5. The van der Waals surface area contributed by atoms with Gasteiger partial charge in [-0.3, -0.25) is 0 Å². The zero-order valence-electron chi connectivity index (χ0n) is 15.9. The predicted molar refractivity (Wildman–Crippen MR) is 110 cm³/mol. The largest absolute Gasteiger partial charge is 0.497 e. The molecule has 0 aliphatic carbocycles. The molecular weight excluding hydrogens is 363 g/mol. The molecule has 0 bridgehead atoms. The Labute approximate surface area is 166 Å². The van der Waals surface area contributed by atoms with Gasteiger partial charge in [0.05, 0.1) is 7.11 Å². The van der Waals surface area contributed by atoms with E-state index >= 15 is 0 Å². The number of hydrogen-bond acceptors (Lipinski definition) is 2. The second kappa shape index (κ2) is 8.32. The fourth-order valence-corrected chi connectivity index (χ4v) is 4.07. The molecule has 0 atom stereocenters. The molecule has 4 rings (SSSR count). The number of fused-ring (bicyclic) bond motifs is 3. The van der Waals surface area contributed by atoms with Crippen molar-refractivity contribution in [2.75, 3.05) is 20.7 Å². The monoisotopic (exact) mass is 388 g/mol. The van der Waals surface area contributed by atoms with E-state index in [2.05, 4.69) is 28.6 Å². The third kappa shape index (κ3) is 3.97. The summed E-state index contributed by atoms with van der Waals surface area (Å²) in [4.78, 5) is 2.34. The molecular formula is C22H26ClFN2O. The van der Waals surface area contributed by atoms with Crippen LogP contribution in [0, 0.1) is 5.82 Å². The van der Waals surface area contributed by atoms with Gasteiger partial charge >= 0.3 is 0 Å². The van der Waals surface area contributed by atoms with Crippen molar-refractivity contribution in [3.63, 3.8) is 0 Å². The van der Waals surface area contributed by atoms with Crippen LogP contribution >= 0.6 is 12.4 Å². The van der Waals surface area contributed by atoms with Crippen LogP contribution in [0.15, 0.2) is 42.5 Å². The van der Waals surface area contributed by atoms with Gasteiger partial charge in [-0.05, 0) is 74.3 Å². The van der Waals surface area contributed by atoms with Crippen LogP contribution in [-0.2, 0) is 25.9 Å². The first kappa shape index (κ1) is 19.7. The first-order valence-corrected chi connectivity index (χ1v) is 9.26. The summed E-state index contributed by atoms with van der Waals surface area (Å²) in [6.45, 7) is 2.89. The van der Waals surface area contributed by atoms with Gasteiger partial charge in [0.25, 0.3) is 0 Å².